The maximum Gasteiger partial charge on any atom is 0.303 e. The van der Waals surface area contributed by atoms with Crippen molar-refractivity contribution in [3.8, 4) is 0 Å². The molecule has 1 N–H and O–H groups in total. The number of unbranched alkanes of at least 4 members (excludes halogenated alkanes) is 2. The third-order valence-corrected chi connectivity index (χ3v) is 6.07. The Labute approximate surface area is 176 Å². The summed E-state index contributed by atoms with van der Waals surface area (Å²) in [5.74, 6) is -1.33. The Balaban J connectivity index is 1.71. The molecule has 7 heteroatoms. The van der Waals surface area contributed by atoms with Crippen LogP contribution in [0.2, 0.25) is 0 Å². The lowest BCUT2D eigenvalue weighted by molar-refractivity contribution is -0.904. The number of amides is 2. The lowest BCUT2D eigenvalue weighted by atomic mass is 9.88. The molecule has 7 nitrogen and oxygen atoms in total. The maximum absolute atomic E-state index is 13.3. The van der Waals surface area contributed by atoms with Gasteiger partial charge in [-0.25, -0.2) is 0 Å². The van der Waals surface area contributed by atoms with E-state index in [2.05, 4.69) is 19.0 Å². The van der Waals surface area contributed by atoms with Crippen molar-refractivity contribution in [1.82, 2.24) is 4.90 Å². The van der Waals surface area contributed by atoms with Crippen LogP contribution in [0.25, 0.3) is 10.8 Å². The van der Waals surface area contributed by atoms with Crippen molar-refractivity contribution in [1.29, 1.82) is 0 Å². The second-order valence-corrected chi connectivity index (χ2v) is 9.05. The lowest BCUT2D eigenvalue weighted by Crippen LogP contribution is -2.50. The highest BCUT2D eigenvalue weighted by Gasteiger charge is 2.37. The zero-order valence-electron chi connectivity index (χ0n) is 17.8. The van der Waals surface area contributed by atoms with Crippen molar-refractivity contribution in [3.63, 3.8) is 0 Å². The van der Waals surface area contributed by atoms with E-state index in [1.807, 2.05) is 25.2 Å². The van der Waals surface area contributed by atoms with Crippen LogP contribution in [0, 0.1) is 0 Å². The Morgan fingerprint density at radius 3 is 2.57 bits per heavy atom. The van der Waals surface area contributed by atoms with Crippen molar-refractivity contribution in [3.05, 3.63) is 41.0 Å². The Hall–Kier alpha value is -2.93. The number of fused-ring (bicyclic) bond motifs is 2. The van der Waals surface area contributed by atoms with Crippen molar-refractivity contribution in [2.24, 2.45) is 0 Å². The van der Waals surface area contributed by atoms with E-state index in [1.54, 1.807) is 6.07 Å². The SMILES string of the molecule is CN1C[N+](C)(C)Cc2c1cc1c3c(cccc23)C(=O)N(CCCCCC(=O)O)C1=O. The summed E-state index contributed by atoms with van der Waals surface area (Å²) < 4.78 is 0.812. The summed E-state index contributed by atoms with van der Waals surface area (Å²) >= 11 is 0. The van der Waals surface area contributed by atoms with Crippen LogP contribution >= 0.6 is 0 Å². The topological polar surface area (TPSA) is 77.9 Å². The predicted octanol–water partition coefficient (Wildman–Crippen LogP) is 3.06. The van der Waals surface area contributed by atoms with Gasteiger partial charge in [-0.1, -0.05) is 18.6 Å². The Morgan fingerprint density at radius 2 is 1.83 bits per heavy atom. The first-order chi connectivity index (χ1) is 14.2. The molecule has 158 valence electrons. The first-order valence-electron chi connectivity index (χ1n) is 10.4. The first-order valence-corrected chi connectivity index (χ1v) is 10.4. The van der Waals surface area contributed by atoms with Crippen LogP contribution in [0.15, 0.2) is 24.3 Å². The summed E-state index contributed by atoms with van der Waals surface area (Å²) in [5.41, 5.74) is 3.39. The fourth-order valence-electron chi connectivity index (χ4n) is 4.82. The summed E-state index contributed by atoms with van der Waals surface area (Å²) in [7, 11) is 6.40. The van der Waals surface area contributed by atoms with Crippen molar-refractivity contribution < 1.29 is 24.0 Å². The third kappa shape index (κ3) is 3.43. The van der Waals surface area contributed by atoms with Crippen LogP contribution in [0.4, 0.5) is 5.69 Å². The zero-order chi connectivity index (χ0) is 21.6. The number of nitrogens with zero attached hydrogens (tertiary/aromatic N) is 3. The van der Waals surface area contributed by atoms with E-state index >= 15 is 0 Å². The fourth-order valence-corrected chi connectivity index (χ4v) is 4.82. The van der Waals surface area contributed by atoms with Gasteiger partial charge in [0, 0.05) is 36.5 Å². The number of carboxylic acids is 1. The minimum absolute atomic E-state index is 0.108. The summed E-state index contributed by atoms with van der Waals surface area (Å²) in [6.45, 7) is 2.00. The van der Waals surface area contributed by atoms with Gasteiger partial charge in [-0.05, 0) is 30.4 Å². The molecular weight excluding hydrogens is 382 g/mol. The molecule has 0 atom stereocenters. The molecule has 0 bridgehead atoms. The average Bonchev–Trinajstić information content (AvgIpc) is 2.67. The maximum atomic E-state index is 13.3. The van der Waals surface area contributed by atoms with E-state index in [1.165, 1.54) is 10.5 Å². The second-order valence-electron chi connectivity index (χ2n) is 9.05. The van der Waals surface area contributed by atoms with Crippen LogP contribution in [0.5, 0.6) is 0 Å². The van der Waals surface area contributed by atoms with Gasteiger partial charge in [0.1, 0.15) is 6.54 Å². The Kier molecular flexibility index (Phi) is 5.02. The van der Waals surface area contributed by atoms with Gasteiger partial charge in [-0.15, -0.1) is 0 Å². The van der Waals surface area contributed by atoms with E-state index < -0.39 is 5.97 Å². The van der Waals surface area contributed by atoms with E-state index in [9.17, 15) is 14.4 Å². The van der Waals surface area contributed by atoms with Gasteiger partial charge in [0.15, 0.2) is 6.67 Å². The minimum atomic E-state index is -0.823. The number of carbonyl (C=O) groups is 3. The summed E-state index contributed by atoms with van der Waals surface area (Å²) in [5, 5.41) is 10.5. The molecule has 0 spiro atoms. The number of carboxylic acid groups (broad SMARTS) is 1. The van der Waals surface area contributed by atoms with E-state index in [-0.39, 0.29) is 18.2 Å². The van der Waals surface area contributed by atoms with E-state index in [0.29, 0.717) is 36.9 Å². The predicted molar refractivity (Wildman–Crippen MR) is 115 cm³/mol. The molecule has 2 amide bonds. The number of aliphatic carboxylic acids is 1. The molecule has 2 aromatic rings. The number of anilines is 1. The Bertz CT molecular complexity index is 1060. The smallest absolute Gasteiger partial charge is 0.303 e. The van der Waals surface area contributed by atoms with Crippen LogP contribution in [0.3, 0.4) is 0 Å². The van der Waals surface area contributed by atoms with Crippen LogP contribution < -0.4 is 4.90 Å². The monoisotopic (exact) mass is 410 g/mol. The molecule has 2 heterocycles. The molecule has 2 aliphatic rings. The highest BCUT2D eigenvalue weighted by atomic mass is 16.4. The number of carbonyl (C=O) groups excluding carboxylic acids is 2. The molecule has 4 rings (SSSR count). The summed E-state index contributed by atoms with van der Waals surface area (Å²) in [4.78, 5) is 40.6. The Morgan fingerprint density at radius 1 is 1.10 bits per heavy atom. The van der Waals surface area contributed by atoms with Gasteiger partial charge in [0.05, 0.1) is 25.3 Å². The molecule has 0 aromatic heterocycles. The van der Waals surface area contributed by atoms with Gasteiger partial charge in [-0.2, -0.15) is 0 Å². The highest BCUT2D eigenvalue weighted by molar-refractivity contribution is 6.26. The molecule has 30 heavy (non-hydrogen) atoms. The van der Waals surface area contributed by atoms with Crippen molar-refractivity contribution in [2.75, 3.05) is 39.3 Å². The first kappa shape index (κ1) is 20.3. The van der Waals surface area contributed by atoms with Crippen LogP contribution in [-0.4, -0.2) is 66.6 Å². The standard InChI is InChI=1S/C23H27N3O4/c1-24-14-26(2,3)13-18-15-8-7-9-16-21(15)17(12-19(18)24)23(30)25(22(16)29)11-6-4-5-10-20(27)28/h7-9,12H,4-6,10-11,13-14H2,1-3H3/p+1. The number of imide groups is 1. The van der Waals surface area contributed by atoms with E-state index in [4.69, 9.17) is 5.11 Å². The van der Waals surface area contributed by atoms with Gasteiger partial charge >= 0.3 is 5.97 Å². The largest absolute Gasteiger partial charge is 0.481 e. The van der Waals surface area contributed by atoms with Gasteiger partial charge in [0.2, 0.25) is 0 Å². The molecule has 0 fully saturated rings. The van der Waals surface area contributed by atoms with Crippen molar-refractivity contribution >= 4 is 34.2 Å². The van der Waals surface area contributed by atoms with Crippen LogP contribution in [0.1, 0.15) is 52.0 Å². The third-order valence-electron chi connectivity index (χ3n) is 6.07. The molecule has 0 unspecified atom stereocenters. The molecule has 2 aromatic carbocycles. The second kappa shape index (κ2) is 7.40. The zero-order valence-corrected chi connectivity index (χ0v) is 17.8. The lowest BCUT2D eigenvalue weighted by Gasteiger charge is -2.41. The van der Waals surface area contributed by atoms with Crippen LogP contribution in [-0.2, 0) is 11.3 Å². The quantitative estimate of drug-likeness (QED) is 0.450. The van der Waals surface area contributed by atoms with E-state index in [0.717, 1.165) is 34.2 Å². The van der Waals surface area contributed by atoms with Gasteiger partial charge in [0.25, 0.3) is 11.8 Å². The highest BCUT2D eigenvalue weighted by Crippen LogP contribution is 2.40. The number of benzene rings is 2. The number of hydrogen-bond acceptors (Lipinski definition) is 4. The molecule has 0 saturated carbocycles. The molecule has 0 saturated heterocycles. The molecule has 2 aliphatic heterocycles. The number of rotatable bonds is 6. The number of hydrogen-bond donors (Lipinski definition) is 1. The summed E-state index contributed by atoms with van der Waals surface area (Å²) in [6, 6.07) is 7.67. The van der Waals surface area contributed by atoms with Crippen molar-refractivity contribution in [2.45, 2.75) is 32.2 Å². The normalized spacial score (nSPS) is 17.4. The van der Waals surface area contributed by atoms with Gasteiger partial charge < -0.3 is 14.5 Å². The van der Waals surface area contributed by atoms with Gasteiger partial charge in [-0.3, -0.25) is 19.3 Å². The molecule has 0 radical (unpaired) electrons. The minimum Gasteiger partial charge on any atom is -0.481 e. The number of quaternary nitrogens is 1. The fraction of sp³-hybridized carbons (Fsp3) is 0.435. The molecular formula is C23H28N3O4+. The average molecular weight is 410 g/mol. The summed E-state index contributed by atoms with van der Waals surface area (Å²) in [6.07, 6.45) is 1.92. The molecule has 0 aliphatic carbocycles.